The maximum absolute atomic E-state index is 12.0. The zero-order chi connectivity index (χ0) is 21.2. The minimum atomic E-state index is -0.368. The molecule has 0 aliphatic heterocycles. The highest BCUT2D eigenvalue weighted by molar-refractivity contribution is 5.99. The van der Waals surface area contributed by atoms with Crippen molar-refractivity contribution in [1.29, 1.82) is 5.26 Å². The Labute approximate surface area is 175 Å². The molecule has 0 bridgehead atoms. The van der Waals surface area contributed by atoms with E-state index in [-0.39, 0.29) is 12.5 Å². The molecular weight excluding hydrogens is 378 g/mol. The Hall–Kier alpha value is -4.11. The molecule has 150 valence electrons. The summed E-state index contributed by atoms with van der Waals surface area (Å²) in [6, 6.07) is 26.0. The SMILES string of the molecule is C/C(=N/NC(=O)COc1ccc(OCc2ccccc2)cc1)c1ccc(C#N)cc1. The molecule has 30 heavy (non-hydrogen) atoms. The van der Waals surface area contributed by atoms with Crippen LogP contribution in [0.5, 0.6) is 11.5 Å². The van der Waals surface area contributed by atoms with E-state index in [0.717, 1.165) is 16.9 Å². The first-order chi connectivity index (χ1) is 14.6. The van der Waals surface area contributed by atoms with E-state index >= 15 is 0 Å². The molecule has 0 spiro atoms. The number of hydrogen-bond donors (Lipinski definition) is 1. The first kappa shape index (κ1) is 20.6. The van der Waals surface area contributed by atoms with Crippen LogP contribution in [0.15, 0.2) is 84.0 Å². The van der Waals surface area contributed by atoms with Gasteiger partial charge in [-0.1, -0.05) is 42.5 Å². The van der Waals surface area contributed by atoms with Gasteiger partial charge in [-0.15, -0.1) is 0 Å². The van der Waals surface area contributed by atoms with E-state index in [4.69, 9.17) is 14.7 Å². The van der Waals surface area contributed by atoms with Crippen molar-refractivity contribution in [3.8, 4) is 17.6 Å². The summed E-state index contributed by atoms with van der Waals surface area (Å²) in [7, 11) is 0. The van der Waals surface area contributed by atoms with Crippen molar-refractivity contribution >= 4 is 11.6 Å². The van der Waals surface area contributed by atoms with Gasteiger partial charge in [0, 0.05) is 0 Å². The molecule has 0 saturated heterocycles. The largest absolute Gasteiger partial charge is 0.489 e. The van der Waals surface area contributed by atoms with Crippen molar-refractivity contribution in [2.75, 3.05) is 6.61 Å². The smallest absolute Gasteiger partial charge is 0.277 e. The monoisotopic (exact) mass is 399 g/mol. The summed E-state index contributed by atoms with van der Waals surface area (Å²) in [5.41, 5.74) is 5.58. The van der Waals surface area contributed by atoms with Gasteiger partial charge < -0.3 is 9.47 Å². The minimum absolute atomic E-state index is 0.158. The van der Waals surface area contributed by atoms with Crippen molar-refractivity contribution in [2.45, 2.75) is 13.5 Å². The highest BCUT2D eigenvalue weighted by atomic mass is 16.5. The molecule has 0 heterocycles. The molecule has 0 unspecified atom stereocenters. The van der Waals surface area contributed by atoms with Crippen LogP contribution in [0.1, 0.15) is 23.6 Å². The summed E-state index contributed by atoms with van der Waals surface area (Å²) in [6.07, 6.45) is 0. The Bertz CT molecular complexity index is 1040. The van der Waals surface area contributed by atoms with Crippen LogP contribution in [0.4, 0.5) is 0 Å². The van der Waals surface area contributed by atoms with Crippen LogP contribution in [-0.4, -0.2) is 18.2 Å². The standard InChI is InChI=1S/C24H21N3O3/c1-18(21-9-7-19(15-25)8-10-21)26-27-24(28)17-30-23-13-11-22(12-14-23)29-16-20-5-3-2-4-6-20/h2-14H,16-17H2,1H3,(H,27,28)/b26-18-. The third-order valence-corrected chi connectivity index (χ3v) is 4.22. The van der Waals surface area contributed by atoms with Gasteiger partial charge in [0.05, 0.1) is 17.3 Å². The number of hydrazone groups is 1. The highest BCUT2D eigenvalue weighted by Gasteiger charge is 2.04. The fourth-order valence-electron chi connectivity index (χ4n) is 2.55. The van der Waals surface area contributed by atoms with Gasteiger partial charge in [-0.25, -0.2) is 5.43 Å². The van der Waals surface area contributed by atoms with Crippen molar-refractivity contribution in [3.05, 3.63) is 95.6 Å². The number of ether oxygens (including phenoxy) is 2. The summed E-state index contributed by atoms with van der Waals surface area (Å²) in [4.78, 5) is 12.0. The molecule has 0 aliphatic carbocycles. The van der Waals surface area contributed by atoms with Crippen LogP contribution in [0.2, 0.25) is 0 Å². The molecule has 0 aliphatic rings. The lowest BCUT2D eigenvalue weighted by Crippen LogP contribution is -2.25. The number of hydrogen-bond acceptors (Lipinski definition) is 5. The Kier molecular flexibility index (Phi) is 7.17. The molecule has 1 N–H and O–H groups in total. The summed E-state index contributed by atoms with van der Waals surface area (Å²) in [6.45, 7) is 2.10. The van der Waals surface area contributed by atoms with Gasteiger partial charge >= 0.3 is 0 Å². The molecule has 3 rings (SSSR count). The molecule has 0 radical (unpaired) electrons. The van der Waals surface area contributed by atoms with E-state index in [2.05, 4.69) is 16.6 Å². The van der Waals surface area contributed by atoms with Crippen molar-refractivity contribution in [2.24, 2.45) is 5.10 Å². The van der Waals surface area contributed by atoms with Gasteiger partial charge in [0.2, 0.25) is 0 Å². The van der Waals surface area contributed by atoms with Crippen LogP contribution in [0, 0.1) is 11.3 Å². The molecule has 0 saturated carbocycles. The summed E-state index contributed by atoms with van der Waals surface area (Å²) in [5, 5.41) is 12.9. The lowest BCUT2D eigenvalue weighted by Gasteiger charge is -2.08. The Morgan fingerprint density at radius 2 is 1.57 bits per heavy atom. The number of nitriles is 1. The number of rotatable bonds is 8. The summed E-state index contributed by atoms with van der Waals surface area (Å²) >= 11 is 0. The highest BCUT2D eigenvalue weighted by Crippen LogP contribution is 2.18. The topological polar surface area (TPSA) is 83.7 Å². The van der Waals surface area contributed by atoms with E-state index in [0.29, 0.717) is 23.6 Å². The number of nitrogens with one attached hydrogen (secondary N) is 1. The van der Waals surface area contributed by atoms with E-state index < -0.39 is 0 Å². The third-order valence-electron chi connectivity index (χ3n) is 4.22. The van der Waals surface area contributed by atoms with Gasteiger partial charge in [0.15, 0.2) is 6.61 Å². The molecule has 6 nitrogen and oxygen atoms in total. The fourth-order valence-corrected chi connectivity index (χ4v) is 2.55. The molecule has 3 aromatic carbocycles. The van der Waals surface area contributed by atoms with Crippen molar-refractivity contribution < 1.29 is 14.3 Å². The number of benzene rings is 3. The quantitative estimate of drug-likeness (QED) is 0.457. The molecule has 0 aromatic heterocycles. The van der Waals surface area contributed by atoms with E-state index in [1.165, 1.54) is 0 Å². The number of carbonyl (C=O) groups is 1. The summed E-state index contributed by atoms with van der Waals surface area (Å²) < 4.78 is 11.2. The summed E-state index contributed by atoms with van der Waals surface area (Å²) in [5.74, 6) is 0.913. The zero-order valence-electron chi connectivity index (χ0n) is 16.5. The van der Waals surface area contributed by atoms with Crippen molar-refractivity contribution in [1.82, 2.24) is 5.43 Å². The van der Waals surface area contributed by atoms with Gasteiger partial charge in [-0.2, -0.15) is 10.4 Å². The van der Waals surface area contributed by atoms with Crippen LogP contribution in [0.3, 0.4) is 0 Å². The first-order valence-electron chi connectivity index (χ1n) is 9.37. The minimum Gasteiger partial charge on any atom is -0.489 e. The molecule has 3 aromatic rings. The predicted octanol–water partition coefficient (Wildman–Crippen LogP) is 4.06. The van der Waals surface area contributed by atoms with Gasteiger partial charge in [-0.3, -0.25) is 4.79 Å². The Morgan fingerprint density at radius 3 is 2.20 bits per heavy atom. The zero-order valence-corrected chi connectivity index (χ0v) is 16.5. The maximum Gasteiger partial charge on any atom is 0.277 e. The average molecular weight is 399 g/mol. The Balaban J connectivity index is 1.44. The molecule has 0 fully saturated rings. The lowest BCUT2D eigenvalue weighted by molar-refractivity contribution is -0.123. The predicted molar refractivity (Wildman–Crippen MR) is 114 cm³/mol. The third kappa shape index (κ3) is 6.21. The van der Waals surface area contributed by atoms with Crippen LogP contribution < -0.4 is 14.9 Å². The van der Waals surface area contributed by atoms with Crippen molar-refractivity contribution in [3.63, 3.8) is 0 Å². The molecule has 0 atom stereocenters. The average Bonchev–Trinajstić information content (AvgIpc) is 2.81. The normalized spacial score (nSPS) is 10.7. The molecule has 1 amide bonds. The second kappa shape index (κ2) is 10.4. The maximum atomic E-state index is 12.0. The van der Waals surface area contributed by atoms with Gasteiger partial charge in [0.1, 0.15) is 18.1 Å². The molecular formula is C24H21N3O3. The fraction of sp³-hybridized carbons (Fsp3) is 0.125. The second-order valence-electron chi connectivity index (χ2n) is 6.46. The molecule has 6 heteroatoms. The number of carbonyl (C=O) groups excluding carboxylic acids is 1. The van der Waals surface area contributed by atoms with Crippen LogP contribution in [0.25, 0.3) is 0 Å². The number of amides is 1. The first-order valence-corrected chi connectivity index (χ1v) is 9.37. The van der Waals surface area contributed by atoms with E-state index in [1.54, 1.807) is 55.5 Å². The lowest BCUT2D eigenvalue weighted by atomic mass is 10.1. The van der Waals surface area contributed by atoms with Gasteiger partial charge in [-0.05, 0) is 54.4 Å². The van der Waals surface area contributed by atoms with E-state index in [1.807, 2.05) is 30.3 Å². The van der Waals surface area contributed by atoms with Crippen LogP contribution >= 0.6 is 0 Å². The van der Waals surface area contributed by atoms with Crippen LogP contribution in [-0.2, 0) is 11.4 Å². The number of nitrogens with zero attached hydrogens (tertiary/aromatic N) is 2. The van der Waals surface area contributed by atoms with Gasteiger partial charge in [0.25, 0.3) is 5.91 Å². The second-order valence-corrected chi connectivity index (χ2v) is 6.46. The Morgan fingerprint density at radius 1 is 0.933 bits per heavy atom. The van der Waals surface area contributed by atoms with E-state index in [9.17, 15) is 4.79 Å².